The minimum atomic E-state index is 0.598. The number of rotatable bonds is 5. The van der Waals surface area contributed by atoms with Crippen molar-refractivity contribution in [3.63, 3.8) is 0 Å². The predicted octanol–water partition coefficient (Wildman–Crippen LogP) is 3.48. The predicted molar refractivity (Wildman–Crippen MR) is 65.0 cm³/mol. The fourth-order valence-corrected chi connectivity index (χ4v) is 1.31. The van der Waals surface area contributed by atoms with Gasteiger partial charge in [0.05, 0.1) is 17.3 Å². The van der Waals surface area contributed by atoms with Crippen molar-refractivity contribution in [2.75, 3.05) is 12.3 Å². The molecule has 3 heteroatoms. The summed E-state index contributed by atoms with van der Waals surface area (Å²) in [6, 6.07) is 5.60. The Morgan fingerprint density at radius 2 is 2.13 bits per heavy atom. The van der Waals surface area contributed by atoms with Crippen molar-refractivity contribution in [3.8, 4) is 0 Å². The highest BCUT2D eigenvalue weighted by molar-refractivity contribution is 6.33. The Morgan fingerprint density at radius 1 is 1.40 bits per heavy atom. The number of hydrogen-bond acceptors (Lipinski definition) is 2. The molecule has 84 valence electrons. The zero-order chi connectivity index (χ0) is 11.3. The molecule has 0 spiro atoms. The smallest absolute Gasteiger partial charge is 0.0717 e. The molecule has 0 saturated carbocycles. The normalized spacial score (nSPS) is 10.9. The Kier molecular flexibility index (Phi) is 4.92. The third kappa shape index (κ3) is 4.54. The van der Waals surface area contributed by atoms with E-state index in [1.165, 1.54) is 0 Å². The molecule has 1 rings (SSSR count). The largest absolute Gasteiger partial charge is 0.398 e. The first-order valence-electron chi connectivity index (χ1n) is 5.21. The van der Waals surface area contributed by atoms with Crippen molar-refractivity contribution in [1.29, 1.82) is 0 Å². The van der Waals surface area contributed by atoms with Gasteiger partial charge in [-0.15, -0.1) is 0 Å². The van der Waals surface area contributed by atoms with Gasteiger partial charge in [0.15, 0.2) is 0 Å². The van der Waals surface area contributed by atoms with Crippen LogP contribution in [0.4, 0.5) is 5.69 Å². The Balaban J connectivity index is 2.35. The highest BCUT2D eigenvalue weighted by atomic mass is 35.5. The second-order valence-corrected chi connectivity index (χ2v) is 4.50. The van der Waals surface area contributed by atoms with E-state index in [1.807, 2.05) is 12.1 Å². The number of hydrogen-bond donors (Lipinski definition) is 1. The van der Waals surface area contributed by atoms with Crippen LogP contribution in [0, 0.1) is 5.92 Å². The van der Waals surface area contributed by atoms with Crippen LogP contribution in [0.3, 0.4) is 0 Å². The Labute approximate surface area is 96.4 Å². The van der Waals surface area contributed by atoms with Gasteiger partial charge in [-0.05, 0) is 30.0 Å². The van der Waals surface area contributed by atoms with Crippen LogP contribution in [-0.2, 0) is 11.3 Å². The van der Waals surface area contributed by atoms with E-state index in [0.717, 1.165) is 18.6 Å². The summed E-state index contributed by atoms with van der Waals surface area (Å²) in [5.41, 5.74) is 7.37. The molecule has 0 fully saturated rings. The third-order valence-electron chi connectivity index (χ3n) is 2.17. The zero-order valence-corrected chi connectivity index (χ0v) is 10.1. The molecule has 0 bridgehead atoms. The summed E-state index contributed by atoms with van der Waals surface area (Å²) in [5, 5.41) is 0.598. The number of anilines is 1. The number of nitrogens with two attached hydrogens (primary N) is 1. The second-order valence-electron chi connectivity index (χ2n) is 4.09. The molecule has 2 nitrogen and oxygen atoms in total. The van der Waals surface area contributed by atoms with Gasteiger partial charge in [0.25, 0.3) is 0 Å². The Morgan fingerprint density at radius 3 is 2.73 bits per heavy atom. The quantitative estimate of drug-likeness (QED) is 0.618. The van der Waals surface area contributed by atoms with Crippen LogP contribution in [0.25, 0.3) is 0 Å². The molecule has 0 radical (unpaired) electrons. The first kappa shape index (κ1) is 12.3. The Hall–Kier alpha value is -0.730. The monoisotopic (exact) mass is 227 g/mol. The van der Waals surface area contributed by atoms with E-state index in [1.54, 1.807) is 6.07 Å². The summed E-state index contributed by atoms with van der Waals surface area (Å²) in [4.78, 5) is 0. The molecule has 1 aromatic carbocycles. The average molecular weight is 228 g/mol. The van der Waals surface area contributed by atoms with Crippen molar-refractivity contribution < 1.29 is 4.74 Å². The van der Waals surface area contributed by atoms with E-state index in [-0.39, 0.29) is 0 Å². The summed E-state index contributed by atoms with van der Waals surface area (Å²) < 4.78 is 5.53. The topological polar surface area (TPSA) is 35.2 Å². The van der Waals surface area contributed by atoms with Crippen molar-refractivity contribution in [1.82, 2.24) is 0 Å². The van der Waals surface area contributed by atoms with E-state index in [2.05, 4.69) is 13.8 Å². The van der Waals surface area contributed by atoms with Crippen LogP contribution in [0.5, 0.6) is 0 Å². The maximum absolute atomic E-state index is 5.82. The number of benzene rings is 1. The summed E-state index contributed by atoms with van der Waals surface area (Å²) >= 11 is 5.82. The van der Waals surface area contributed by atoms with Gasteiger partial charge in [-0.3, -0.25) is 0 Å². The first-order valence-corrected chi connectivity index (χ1v) is 5.59. The van der Waals surface area contributed by atoms with Crippen LogP contribution >= 0.6 is 11.6 Å². The summed E-state index contributed by atoms with van der Waals surface area (Å²) in [7, 11) is 0. The molecule has 15 heavy (non-hydrogen) atoms. The molecule has 0 aliphatic heterocycles. The van der Waals surface area contributed by atoms with Crippen molar-refractivity contribution in [2.24, 2.45) is 5.92 Å². The minimum absolute atomic E-state index is 0.598. The van der Waals surface area contributed by atoms with Crippen molar-refractivity contribution >= 4 is 17.3 Å². The van der Waals surface area contributed by atoms with Gasteiger partial charge in [-0.2, -0.15) is 0 Å². The average Bonchev–Trinajstić information content (AvgIpc) is 2.18. The lowest BCUT2D eigenvalue weighted by Gasteiger charge is -2.07. The molecule has 0 saturated heterocycles. The van der Waals surface area contributed by atoms with E-state index >= 15 is 0 Å². The fraction of sp³-hybridized carbons (Fsp3) is 0.500. The van der Waals surface area contributed by atoms with Gasteiger partial charge in [0.1, 0.15) is 0 Å². The zero-order valence-electron chi connectivity index (χ0n) is 9.29. The minimum Gasteiger partial charge on any atom is -0.398 e. The van der Waals surface area contributed by atoms with Crippen LogP contribution in [0.15, 0.2) is 18.2 Å². The van der Waals surface area contributed by atoms with E-state index in [9.17, 15) is 0 Å². The van der Waals surface area contributed by atoms with Gasteiger partial charge in [0.2, 0.25) is 0 Å². The number of halogens is 1. The van der Waals surface area contributed by atoms with Crippen molar-refractivity contribution in [3.05, 3.63) is 28.8 Å². The number of ether oxygens (including phenoxy) is 1. The van der Waals surface area contributed by atoms with Crippen LogP contribution in [-0.4, -0.2) is 6.61 Å². The second kappa shape index (κ2) is 5.99. The molecule has 0 amide bonds. The molecule has 0 heterocycles. The van der Waals surface area contributed by atoms with Gasteiger partial charge in [-0.25, -0.2) is 0 Å². The molecule has 0 aliphatic carbocycles. The third-order valence-corrected chi connectivity index (χ3v) is 2.51. The van der Waals surface area contributed by atoms with Crippen LogP contribution < -0.4 is 5.73 Å². The molecule has 0 aliphatic rings. The van der Waals surface area contributed by atoms with E-state index < -0.39 is 0 Å². The highest BCUT2D eigenvalue weighted by Gasteiger charge is 1.99. The maximum atomic E-state index is 5.82. The van der Waals surface area contributed by atoms with E-state index in [4.69, 9.17) is 22.1 Å². The van der Waals surface area contributed by atoms with Crippen LogP contribution in [0.1, 0.15) is 25.8 Å². The Bertz CT molecular complexity index is 312. The maximum Gasteiger partial charge on any atom is 0.0717 e. The first-order chi connectivity index (χ1) is 7.09. The summed E-state index contributed by atoms with van der Waals surface area (Å²) in [6.07, 6.45) is 1.09. The molecule has 0 unspecified atom stereocenters. The van der Waals surface area contributed by atoms with Gasteiger partial charge in [-0.1, -0.05) is 31.5 Å². The summed E-state index contributed by atoms with van der Waals surface area (Å²) in [5.74, 6) is 0.681. The molecular formula is C12H18ClNO. The lowest BCUT2D eigenvalue weighted by Crippen LogP contribution is -1.99. The molecule has 0 aromatic heterocycles. The molecule has 0 atom stereocenters. The lowest BCUT2D eigenvalue weighted by atomic mass is 10.1. The molecular weight excluding hydrogens is 210 g/mol. The van der Waals surface area contributed by atoms with Gasteiger partial charge in [0, 0.05) is 6.61 Å². The fourth-order valence-electron chi connectivity index (χ4n) is 1.19. The lowest BCUT2D eigenvalue weighted by molar-refractivity contribution is 0.111. The molecule has 2 N–H and O–H groups in total. The standard InChI is InChI=1S/C12H18ClNO/c1-9(2)5-6-15-8-10-3-4-11(13)12(14)7-10/h3-4,7,9H,5-6,8,14H2,1-2H3. The van der Waals surface area contributed by atoms with Gasteiger partial charge >= 0.3 is 0 Å². The van der Waals surface area contributed by atoms with E-state index in [0.29, 0.717) is 23.2 Å². The molecule has 1 aromatic rings. The highest BCUT2D eigenvalue weighted by Crippen LogP contribution is 2.19. The van der Waals surface area contributed by atoms with Gasteiger partial charge < -0.3 is 10.5 Å². The van der Waals surface area contributed by atoms with Crippen LogP contribution in [0.2, 0.25) is 5.02 Å². The SMILES string of the molecule is CC(C)CCOCc1ccc(Cl)c(N)c1. The van der Waals surface area contributed by atoms with Crippen molar-refractivity contribution in [2.45, 2.75) is 26.9 Å². The summed E-state index contributed by atoms with van der Waals surface area (Å²) in [6.45, 7) is 5.77. The number of nitrogen functional groups attached to an aromatic ring is 1.